The van der Waals surface area contributed by atoms with Crippen molar-refractivity contribution in [3.8, 4) is 0 Å². The number of halogens is 1. The Morgan fingerprint density at radius 1 is 1.44 bits per heavy atom. The molecule has 16 heavy (non-hydrogen) atoms. The lowest BCUT2D eigenvalue weighted by Crippen LogP contribution is -2.21. The fraction of sp³-hybridized carbons (Fsp3) is 0.538. The van der Waals surface area contributed by atoms with Gasteiger partial charge in [-0.1, -0.05) is 28.1 Å². The highest BCUT2D eigenvalue weighted by Gasteiger charge is 2.17. The molecule has 88 valence electrons. The largest absolute Gasteiger partial charge is 0.374 e. The summed E-state index contributed by atoms with van der Waals surface area (Å²) in [6.07, 6.45) is 4.29. The zero-order valence-electron chi connectivity index (χ0n) is 9.63. The Balaban J connectivity index is 1.92. The second-order valence-corrected chi connectivity index (χ2v) is 5.17. The Bertz CT molecular complexity index is 350. The third-order valence-electron chi connectivity index (χ3n) is 3.03. The summed E-state index contributed by atoms with van der Waals surface area (Å²) in [5.74, 6) is 0. The van der Waals surface area contributed by atoms with Crippen LogP contribution in [0.2, 0.25) is 0 Å². The molecule has 0 spiro atoms. The number of rotatable bonds is 5. The standard InChI is InChI=1S/C13H18BrNO/c1-15-8-10-5-6-11(13(14)7-10)9-16-12-3-2-4-12/h5-7,12,15H,2-4,8-9H2,1H3. The number of ether oxygens (including phenoxy) is 1. The highest BCUT2D eigenvalue weighted by Crippen LogP contribution is 2.25. The minimum Gasteiger partial charge on any atom is -0.374 e. The SMILES string of the molecule is CNCc1ccc(COC2CCC2)c(Br)c1. The molecule has 0 saturated heterocycles. The third-order valence-corrected chi connectivity index (χ3v) is 3.76. The normalized spacial score (nSPS) is 16.1. The van der Waals surface area contributed by atoms with Gasteiger partial charge in [0.05, 0.1) is 12.7 Å². The quantitative estimate of drug-likeness (QED) is 0.896. The molecule has 1 N–H and O–H groups in total. The second-order valence-electron chi connectivity index (χ2n) is 4.32. The predicted octanol–water partition coefficient (Wildman–Crippen LogP) is 3.24. The maximum Gasteiger partial charge on any atom is 0.0731 e. The first-order valence-corrected chi connectivity index (χ1v) is 6.62. The fourth-order valence-corrected chi connectivity index (χ4v) is 2.31. The van der Waals surface area contributed by atoms with Crippen molar-refractivity contribution in [2.45, 2.75) is 38.5 Å². The molecule has 0 bridgehead atoms. The highest BCUT2D eigenvalue weighted by atomic mass is 79.9. The molecule has 0 aromatic heterocycles. The molecule has 0 radical (unpaired) electrons. The van der Waals surface area contributed by atoms with Crippen molar-refractivity contribution >= 4 is 15.9 Å². The van der Waals surface area contributed by atoms with Crippen LogP contribution in [0.5, 0.6) is 0 Å². The van der Waals surface area contributed by atoms with Crippen LogP contribution in [-0.2, 0) is 17.9 Å². The molecule has 1 aliphatic rings. The Morgan fingerprint density at radius 3 is 2.81 bits per heavy atom. The van der Waals surface area contributed by atoms with Gasteiger partial charge in [0, 0.05) is 11.0 Å². The van der Waals surface area contributed by atoms with Gasteiger partial charge in [0.1, 0.15) is 0 Å². The van der Waals surface area contributed by atoms with E-state index in [0.29, 0.717) is 6.10 Å². The van der Waals surface area contributed by atoms with Gasteiger partial charge in [-0.05, 0) is 43.5 Å². The van der Waals surface area contributed by atoms with Crippen molar-refractivity contribution in [3.05, 3.63) is 33.8 Å². The summed E-state index contributed by atoms with van der Waals surface area (Å²) in [5, 5.41) is 3.15. The van der Waals surface area contributed by atoms with Crippen molar-refractivity contribution < 1.29 is 4.74 Å². The lowest BCUT2D eigenvalue weighted by atomic mass is 9.96. The number of hydrogen-bond acceptors (Lipinski definition) is 2. The van der Waals surface area contributed by atoms with Gasteiger partial charge in [0.25, 0.3) is 0 Å². The van der Waals surface area contributed by atoms with E-state index in [4.69, 9.17) is 4.74 Å². The number of nitrogens with one attached hydrogen (secondary N) is 1. The summed E-state index contributed by atoms with van der Waals surface area (Å²) >= 11 is 3.60. The van der Waals surface area contributed by atoms with E-state index >= 15 is 0 Å². The Hall–Kier alpha value is -0.380. The van der Waals surface area contributed by atoms with E-state index in [1.54, 1.807) is 0 Å². The van der Waals surface area contributed by atoms with E-state index < -0.39 is 0 Å². The monoisotopic (exact) mass is 283 g/mol. The summed E-state index contributed by atoms with van der Waals surface area (Å²) in [6, 6.07) is 6.46. The van der Waals surface area contributed by atoms with Gasteiger partial charge < -0.3 is 10.1 Å². The van der Waals surface area contributed by atoms with Crippen LogP contribution in [0, 0.1) is 0 Å². The average Bonchev–Trinajstić information content (AvgIpc) is 2.19. The predicted molar refractivity (Wildman–Crippen MR) is 69.3 cm³/mol. The molecule has 0 unspecified atom stereocenters. The van der Waals surface area contributed by atoms with E-state index in [0.717, 1.165) is 17.6 Å². The molecule has 0 heterocycles. The van der Waals surface area contributed by atoms with Crippen molar-refractivity contribution in [2.24, 2.45) is 0 Å². The zero-order chi connectivity index (χ0) is 11.4. The molecule has 0 aliphatic heterocycles. The van der Waals surface area contributed by atoms with Gasteiger partial charge in [-0.25, -0.2) is 0 Å². The van der Waals surface area contributed by atoms with Gasteiger partial charge in [0.2, 0.25) is 0 Å². The maximum absolute atomic E-state index is 5.80. The molecule has 2 nitrogen and oxygen atoms in total. The summed E-state index contributed by atoms with van der Waals surface area (Å²) in [6.45, 7) is 1.63. The lowest BCUT2D eigenvalue weighted by Gasteiger charge is -2.25. The van der Waals surface area contributed by atoms with Crippen LogP contribution in [0.3, 0.4) is 0 Å². The second kappa shape index (κ2) is 5.80. The van der Waals surface area contributed by atoms with Crippen LogP contribution in [0.15, 0.2) is 22.7 Å². The molecule has 1 aromatic carbocycles. The van der Waals surface area contributed by atoms with Gasteiger partial charge >= 0.3 is 0 Å². The van der Waals surface area contributed by atoms with Gasteiger partial charge in [-0.2, -0.15) is 0 Å². The summed E-state index contributed by atoms with van der Waals surface area (Å²) < 4.78 is 6.95. The van der Waals surface area contributed by atoms with Crippen molar-refractivity contribution in [1.82, 2.24) is 5.32 Å². The molecule has 0 amide bonds. The first-order valence-electron chi connectivity index (χ1n) is 5.83. The van der Waals surface area contributed by atoms with E-state index in [1.165, 1.54) is 30.4 Å². The molecule has 0 atom stereocenters. The minimum atomic E-state index is 0.504. The minimum absolute atomic E-state index is 0.504. The van der Waals surface area contributed by atoms with E-state index in [2.05, 4.69) is 39.4 Å². The Morgan fingerprint density at radius 2 is 2.25 bits per heavy atom. The number of benzene rings is 1. The molecule has 3 heteroatoms. The molecule has 1 aromatic rings. The highest BCUT2D eigenvalue weighted by molar-refractivity contribution is 9.10. The Kier molecular flexibility index (Phi) is 4.38. The van der Waals surface area contributed by atoms with Gasteiger partial charge in [-0.15, -0.1) is 0 Å². The lowest BCUT2D eigenvalue weighted by molar-refractivity contribution is -0.00889. The summed E-state index contributed by atoms with van der Waals surface area (Å²) in [7, 11) is 1.96. The molecule has 2 rings (SSSR count). The molecule has 1 aliphatic carbocycles. The molecular formula is C13H18BrNO. The van der Waals surface area contributed by atoms with Crippen LogP contribution < -0.4 is 5.32 Å². The number of hydrogen-bond donors (Lipinski definition) is 1. The summed E-state index contributed by atoms with van der Waals surface area (Å²) in [5.41, 5.74) is 2.54. The Labute approximate surface area is 106 Å². The van der Waals surface area contributed by atoms with Crippen LogP contribution >= 0.6 is 15.9 Å². The average molecular weight is 284 g/mol. The van der Waals surface area contributed by atoms with Crippen LogP contribution in [0.25, 0.3) is 0 Å². The third kappa shape index (κ3) is 3.06. The topological polar surface area (TPSA) is 21.3 Å². The smallest absolute Gasteiger partial charge is 0.0731 e. The van der Waals surface area contributed by atoms with E-state index in [9.17, 15) is 0 Å². The van der Waals surface area contributed by atoms with Gasteiger partial charge in [-0.3, -0.25) is 0 Å². The molecule has 1 fully saturated rings. The van der Waals surface area contributed by atoms with E-state index in [-0.39, 0.29) is 0 Å². The van der Waals surface area contributed by atoms with Crippen molar-refractivity contribution in [3.63, 3.8) is 0 Å². The van der Waals surface area contributed by atoms with Crippen LogP contribution in [-0.4, -0.2) is 13.2 Å². The summed E-state index contributed by atoms with van der Waals surface area (Å²) in [4.78, 5) is 0. The van der Waals surface area contributed by atoms with Crippen LogP contribution in [0.1, 0.15) is 30.4 Å². The zero-order valence-corrected chi connectivity index (χ0v) is 11.2. The maximum atomic E-state index is 5.80. The first kappa shape index (κ1) is 12.1. The molecular weight excluding hydrogens is 266 g/mol. The fourth-order valence-electron chi connectivity index (χ4n) is 1.77. The van der Waals surface area contributed by atoms with Gasteiger partial charge in [0.15, 0.2) is 0 Å². The van der Waals surface area contributed by atoms with E-state index in [1.807, 2.05) is 7.05 Å². The van der Waals surface area contributed by atoms with Crippen LogP contribution in [0.4, 0.5) is 0 Å². The first-order chi connectivity index (χ1) is 7.79. The van der Waals surface area contributed by atoms with Crippen molar-refractivity contribution in [2.75, 3.05) is 7.05 Å². The van der Waals surface area contributed by atoms with Crippen molar-refractivity contribution in [1.29, 1.82) is 0 Å². The molecule has 1 saturated carbocycles.